The maximum Gasteiger partial charge on any atom is 0.222 e. The zero-order chi connectivity index (χ0) is 15.9. The Kier molecular flexibility index (Phi) is 6.20. The summed E-state index contributed by atoms with van der Waals surface area (Å²) in [5.41, 5.74) is 9.83. The molecule has 0 aliphatic heterocycles. The van der Waals surface area contributed by atoms with Crippen LogP contribution in [0.2, 0.25) is 0 Å². The fourth-order valence-electron chi connectivity index (χ4n) is 2.07. The van der Waals surface area contributed by atoms with Crippen molar-refractivity contribution in [2.75, 3.05) is 24.0 Å². The lowest BCUT2D eigenvalue weighted by Crippen LogP contribution is -2.51. The zero-order valence-electron chi connectivity index (χ0n) is 12.3. The highest BCUT2D eigenvalue weighted by Gasteiger charge is 2.15. The molecule has 1 aromatic carbocycles. The van der Waals surface area contributed by atoms with Crippen molar-refractivity contribution in [1.82, 2.24) is 16.5 Å². The quantitative estimate of drug-likeness (QED) is 0.370. The Morgan fingerprint density at radius 3 is 2.77 bits per heavy atom. The maximum atomic E-state index is 10.3. The van der Waals surface area contributed by atoms with E-state index in [9.17, 15) is 4.79 Å². The molecule has 0 fully saturated rings. The number of nitrogens with zero attached hydrogens (tertiary/aromatic N) is 2. The summed E-state index contributed by atoms with van der Waals surface area (Å²) in [6, 6.07) is 10.1. The number of halogens is 1. The summed E-state index contributed by atoms with van der Waals surface area (Å²) in [6.45, 7) is 0.821. The molecule has 3 N–H and O–H groups in total. The Hall–Kier alpha value is -1.61. The Morgan fingerprint density at radius 2 is 2.09 bits per heavy atom. The van der Waals surface area contributed by atoms with Gasteiger partial charge in [0.25, 0.3) is 0 Å². The normalized spacial score (nSPS) is 10.3. The van der Waals surface area contributed by atoms with Crippen molar-refractivity contribution < 1.29 is 4.79 Å². The lowest BCUT2D eigenvalue weighted by atomic mass is 10.2. The van der Waals surface area contributed by atoms with Crippen LogP contribution in [0.15, 0.2) is 40.2 Å². The first-order chi connectivity index (χ1) is 10.6. The van der Waals surface area contributed by atoms with Gasteiger partial charge in [-0.3, -0.25) is 15.2 Å². The first kappa shape index (κ1) is 16.8. The number of rotatable bonds is 8. The fraction of sp³-hybridized carbons (Fsp3) is 0.214. The van der Waals surface area contributed by atoms with Crippen LogP contribution in [0.1, 0.15) is 4.88 Å². The lowest BCUT2D eigenvalue weighted by molar-refractivity contribution is -0.110. The molecular formula is C14H18BrN5OS. The van der Waals surface area contributed by atoms with Gasteiger partial charge in [-0.1, -0.05) is 12.1 Å². The van der Waals surface area contributed by atoms with E-state index in [1.807, 2.05) is 32.3 Å². The average molecular weight is 384 g/mol. The highest BCUT2D eigenvalue weighted by atomic mass is 79.9. The van der Waals surface area contributed by atoms with Gasteiger partial charge >= 0.3 is 0 Å². The minimum atomic E-state index is 0.561. The highest BCUT2D eigenvalue weighted by Crippen LogP contribution is 2.35. The molecule has 0 aliphatic rings. The maximum absolute atomic E-state index is 10.3. The van der Waals surface area contributed by atoms with E-state index in [1.54, 1.807) is 16.3 Å². The predicted octanol–water partition coefficient (Wildman–Crippen LogP) is 2.25. The molecule has 118 valence electrons. The van der Waals surface area contributed by atoms with Gasteiger partial charge in [0.1, 0.15) is 0 Å². The molecule has 2 rings (SSSR count). The van der Waals surface area contributed by atoms with Gasteiger partial charge in [-0.05, 0) is 39.5 Å². The summed E-state index contributed by atoms with van der Waals surface area (Å²) in [5, 5.41) is 3.87. The van der Waals surface area contributed by atoms with Gasteiger partial charge in [0.15, 0.2) is 0 Å². The van der Waals surface area contributed by atoms with Gasteiger partial charge < -0.3 is 4.90 Å². The smallest absolute Gasteiger partial charge is 0.222 e. The summed E-state index contributed by atoms with van der Waals surface area (Å²) in [5.74, 6) is 0. The van der Waals surface area contributed by atoms with Gasteiger partial charge in [0, 0.05) is 23.4 Å². The van der Waals surface area contributed by atoms with E-state index in [-0.39, 0.29) is 0 Å². The van der Waals surface area contributed by atoms with Crippen molar-refractivity contribution >= 4 is 45.1 Å². The van der Waals surface area contributed by atoms with Gasteiger partial charge in [0.2, 0.25) is 6.41 Å². The van der Waals surface area contributed by atoms with Crippen LogP contribution in [0.25, 0.3) is 0 Å². The molecule has 0 bridgehead atoms. The van der Waals surface area contributed by atoms with Crippen molar-refractivity contribution in [2.24, 2.45) is 0 Å². The van der Waals surface area contributed by atoms with Crippen LogP contribution in [-0.4, -0.2) is 20.5 Å². The van der Waals surface area contributed by atoms with Crippen molar-refractivity contribution in [3.8, 4) is 0 Å². The van der Waals surface area contributed by atoms with Gasteiger partial charge in [-0.15, -0.1) is 11.3 Å². The van der Waals surface area contributed by atoms with Crippen molar-refractivity contribution in [2.45, 2.75) is 6.54 Å². The number of hydrogen-bond donors (Lipinski definition) is 3. The van der Waals surface area contributed by atoms with Gasteiger partial charge in [-0.2, -0.15) is 11.1 Å². The standard InChI is InChI=1S/C14H18BrN5OS/c1-19(9-11-5-4-8-22-11)14-12(15)6-3-7-13(14)20(2)18-17-16-10-21/h3-8,10,17-18H,9H2,1-2H3,(H,16,21). The molecule has 0 radical (unpaired) electrons. The molecule has 0 atom stereocenters. The predicted molar refractivity (Wildman–Crippen MR) is 94.4 cm³/mol. The number of hydrogen-bond acceptors (Lipinski definition) is 6. The third kappa shape index (κ3) is 4.20. The first-order valence-corrected chi connectivity index (χ1v) is 8.26. The molecule has 0 saturated heterocycles. The number of para-hydroxylation sites is 1. The minimum absolute atomic E-state index is 0.561. The van der Waals surface area contributed by atoms with Gasteiger partial charge in [-0.25, -0.2) is 0 Å². The molecule has 1 amide bonds. The topological polar surface area (TPSA) is 59.6 Å². The molecule has 8 heteroatoms. The van der Waals surface area contributed by atoms with Crippen LogP contribution in [0.4, 0.5) is 11.4 Å². The Labute approximate surface area is 142 Å². The highest BCUT2D eigenvalue weighted by molar-refractivity contribution is 9.10. The number of thiophene rings is 1. The molecule has 0 spiro atoms. The molecule has 1 aromatic heterocycles. The first-order valence-electron chi connectivity index (χ1n) is 6.59. The van der Waals surface area contributed by atoms with Crippen LogP contribution >= 0.6 is 27.3 Å². The summed E-state index contributed by atoms with van der Waals surface area (Å²) in [4.78, 5) is 13.8. The number of carbonyl (C=O) groups is 1. The number of carbonyl (C=O) groups excluding carboxylic acids is 1. The summed E-state index contributed by atoms with van der Waals surface area (Å²) in [7, 11) is 3.91. The molecular weight excluding hydrogens is 366 g/mol. The van der Waals surface area contributed by atoms with E-state index in [2.05, 4.69) is 54.8 Å². The summed E-state index contributed by atoms with van der Waals surface area (Å²) >= 11 is 5.35. The molecule has 0 saturated carbocycles. The fourth-order valence-corrected chi connectivity index (χ4v) is 3.49. The monoisotopic (exact) mass is 383 g/mol. The third-order valence-corrected chi connectivity index (χ3v) is 4.54. The molecule has 6 nitrogen and oxygen atoms in total. The number of benzene rings is 1. The van der Waals surface area contributed by atoms with Crippen LogP contribution in [0.3, 0.4) is 0 Å². The number of anilines is 2. The van der Waals surface area contributed by atoms with Crippen molar-refractivity contribution in [3.63, 3.8) is 0 Å². The molecule has 2 aromatic rings. The number of hydrazine groups is 3. The molecule has 0 unspecified atom stereocenters. The zero-order valence-corrected chi connectivity index (χ0v) is 14.7. The van der Waals surface area contributed by atoms with Crippen LogP contribution in [0, 0.1) is 0 Å². The third-order valence-electron chi connectivity index (χ3n) is 3.04. The average Bonchev–Trinajstić information content (AvgIpc) is 2.99. The number of nitrogens with one attached hydrogen (secondary N) is 3. The van der Waals surface area contributed by atoms with Crippen LogP contribution in [-0.2, 0) is 11.3 Å². The van der Waals surface area contributed by atoms with E-state index in [0.717, 1.165) is 22.4 Å². The second-order valence-corrected chi connectivity index (χ2v) is 6.49. The van der Waals surface area contributed by atoms with Crippen molar-refractivity contribution in [1.29, 1.82) is 0 Å². The second kappa shape index (κ2) is 8.14. The van der Waals surface area contributed by atoms with E-state index in [1.165, 1.54) is 4.88 Å². The lowest BCUT2D eigenvalue weighted by Gasteiger charge is -2.28. The Balaban J connectivity index is 2.19. The second-order valence-electron chi connectivity index (χ2n) is 4.60. The van der Waals surface area contributed by atoms with E-state index in [4.69, 9.17) is 0 Å². The Bertz CT molecular complexity index is 607. The minimum Gasteiger partial charge on any atom is -0.367 e. The number of amides is 1. The summed E-state index contributed by atoms with van der Waals surface area (Å²) < 4.78 is 1.00. The van der Waals surface area contributed by atoms with Crippen LogP contribution < -0.4 is 26.4 Å². The Morgan fingerprint density at radius 1 is 1.27 bits per heavy atom. The molecule has 22 heavy (non-hydrogen) atoms. The SMILES string of the molecule is CN(Cc1cccs1)c1c(Br)cccc1N(C)NNNC=O. The largest absolute Gasteiger partial charge is 0.367 e. The van der Waals surface area contributed by atoms with Gasteiger partial charge in [0.05, 0.1) is 17.9 Å². The van der Waals surface area contributed by atoms with Crippen LogP contribution in [0.5, 0.6) is 0 Å². The summed E-state index contributed by atoms with van der Waals surface area (Å²) in [6.07, 6.45) is 0.561. The molecule has 1 heterocycles. The van der Waals surface area contributed by atoms with E-state index in [0.29, 0.717) is 6.41 Å². The van der Waals surface area contributed by atoms with E-state index >= 15 is 0 Å². The van der Waals surface area contributed by atoms with E-state index < -0.39 is 0 Å². The molecule has 0 aliphatic carbocycles. The van der Waals surface area contributed by atoms with Crippen molar-refractivity contribution in [3.05, 3.63) is 45.1 Å².